The van der Waals surface area contributed by atoms with Gasteiger partial charge in [-0.05, 0) is 64.8 Å². The molecule has 0 amide bonds. The minimum absolute atomic E-state index is 0.515. The summed E-state index contributed by atoms with van der Waals surface area (Å²) in [6.07, 6.45) is 0. The number of rotatable bonds is 0. The maximum absolute atomic E-state index is 3.96. The third-order valence-corrected chi connectivity index (χ3v) is 4.46. The molecule has 88 valence electrons. The Balaban J connectivity index is 2.43. The van der Waals surface area contributed by atoms with Gasteiger partial charge in [-0.1, -0.05) is 0 Å². The van der Waals surface area contributed by atoms with E-state index in [1.54, 1.807) is 9.03 Å². The molecule has 0 saturated heterocycles. The van der Waals surface area contributed by atoms with E-state index in [4.69, 9.17) is 0 Å². The smallest absolute Gasteiger partial charge is 0.187 e. The standard InChI is InChI=1S/C8H2Br2N8/c9-3-1-5-6(2-4(3)10)18-8(12-14-16-18)7-11-13-15-17(5)7/h1-2H. The lowest BCUT2D eigenvalue weighted by atomic mass is 10.3. The number of hydrogen-bond acceptors (Lipinski definition) is 6. The quantitative estimate of drug-likeness (QED) is 0.463. The first-order valence-corrected chi connectivity index (χ1v) is 6.41. The summed E-state index contributed by atoms with van der Waals surface area (Å²) in [5.74, 6) is 0. The van der Waals surface area contributed by atoms with E-state index in [1.807, 2.05) is 12.1 Å². The van der Waals surface area contributed by atoms with Gasteiger partial charge in [0.2, 0.25) is 11.3 Å². The molecule has 0 aliphatic carbocycles. The number of aromatic nitrogens is 8. The van der Waals surface area contributed by atoms with Gasteiger partial charge in [0.25, 0.3) is 0 Å². The van der Waals surface area contributed by atoms with Crippen LogP contribution in [0.3, 0.4) is 0 Å². The topological polar surface area (TPSA) is 86.2 Å². The monoisotopic (exact) mass is 368 g/mol. The molecule has 18 heavy (non-hydrogen) atoms. The van der Waals surface area contributed by atoms with Crippen LogP contribution < -0.4 is 0 Å². The summed E-state index contributed by atoms with van der Waals surface area (Å²) < 4.78 is 5.02. The van der Waals surface area contributed by atoms with Crippen molar-refractivity contribution in [2.24, 2.45) is 0 Å². The van der Waals surface area contributed by atoms with Gasteiger partial charge in [0.1, 0.15) is 0 Å². The SMILES string of the molecule is Brc1cc2c(cc1Br)n1nnnc1c1nnnn21. The van der Waals surface area contributed by atoms with Crippen LogP contribution in [0.2, 0.25) is 0 Å². The Bertz CT molecular complexity index is 835. The second-order valence-corrected chi connectivity index (χ2v) is 5.29. The molecule has 0 spiro atoms. The van der Waals surface area contributed by atoms with E-state index in [9.17, 15) is 0 Å². The largest absolute Gasteiger partial charge is 0.226 e. The van der Waals surface area contributed by atoms with Crippen molar-refractivity contribution in [3.8, 4) is 0 Å². The third kappa shape index (κ3) is 1.18. The molecule has 0 bridgehead atoms. The average Bonchev–Trinajstić information content (AvgIpc) is 2.97. The molecule has 0 fully saturated rings. The van der Waals surface area contributed by atoms with Crippen molar-refractivity contribution >= 4 is 54.2 Å². The lowest BCUT2D eigenvalue weighted by molar-refractivity contribution is 0.827. The van der Waals surface area contributed by atoms with Gasteiger partial charge in [-0.3, -0.25) is 0 Å². The summed E-state index contributed by atoms with van der Waals surface area (Å²) in [6, 6.07) is 3.81. The predicted molar refractivity (Wildman–Crippen MR) is 68.0 cm³/mol. The van der Waals surface area contributed by atoms with Crippen molar-refractivity contribution in [2.45, 2.75) is 0 Å². The molecule has 0 atom stereocenters. The number of hydrogen-bond donors (Lipinski definition) is 0. The van der Waals surface area contributed by atoms with E-state index >= 15 is 0 Å². The van der Waals surface area contributed by atoms with Gasteiger partial charge in [-0.25, -0.2) is 0 Å². The van der Waals surface area contributed by atoms with Gasteiger partial charge >= 0.3 is 0 Å². The molecular formula is C8H2Br2N8. The predicted octanol–water partition coefficient (Wildman–Crippen LogP) is 1.24. The van der Waals surface area contributed by atoms with Gasteiger partial charge < -0.3 is 0 Å². The van der Waals surface area contributed by atoms with Crippen LogP contribution in [-0.2, 0) is 0 Å². The van der Waals surface area contributed by atoms with Gasteiger partial charge in [-0.2, -0.15) is 9.03 Å². The number of nitrogens with zero attached hydrogens (tertiary/aromatic N) is 8. The van der Waals surface area contributed by atoms with Gasteiger partial charge in [0, 0.05) is 8.95 Å². The zero-order chi connectivity index (χ0) is 12.3. The highest BCUT2D eigenvalue weighted by Gasteiger charge is 2.15. The van der Waals surface area contributed by atoms with Crippen LogP contribution in [0.25, 0.3) is 22.3 Å². The van der Waals surface area contributed by atoms with Crippen molar-refractivity contribution in [3.05, 3.63) is 21.1 Å². The van der Waals surface area contributed by atoms with Crippen LogP contribution in [0.4, 0.5) is 0 Å². The van der Waals surface area contributed by atoms with E-state index in [0.717, 1.165) is 20.0 Å². The zero-order valence-corrected chi connectivity index (χ0v) is 11.7. The summed E-state index contributed by atoms with van der Waals surface area (Å²) in [5.41, 5.74) is 2.65. The highest BCUT2D eigenvalue weighted by molar-refractivity contribution is 9.13. The Hall–Kier alpha value is -1.68. The van der Waals surface area contributed by atoms with Crippen LogP contribution in [-0.4, -0.2) is 40.1 Å². The summed E-state index contributed by atoms with van der Waals surface area (Å²) in [4.78, 5) is 0. The number of tetrazole rings is 2. The van der Waals surface area contributed by atoms with Crippen molar-refractivity contribution in [1.29, 1.82) is 0 Å². The fourth-order valence-corrected chi connectivity index (χ4v) is 2.51. The van der Waals surface area contributed by atoms with Crippen molar-refractivity contribution in [2.75, 3.05) is 0 Å². The normalized spacial score (nSPS) is 11.9. The van der Waals surface area contributed by atoms with Crippen LogP contribution >= 0.6 is 31.9 Å². The summed E-state index contributed by atoms with van der Waals surface area (Å²) in [7, 11) is 0. The maximum atomic E-state index is 3.96. The summed E-state index contributed by atoms with van der Waals surface area (Å²) in [5, 5.41) is 23.1. The van der Waals surface area contributed by atoms with Crippen molar-refractivity contribution in [3.63, 3.8) is 0 Å². The van der Waals surface area contributed by atoms with Gasteiger partial charge in [0.15, 0.2) is 0 Å². The molecule has 8 nitrogen and oxygen atoms in total. The Morgan fingerprint density at radius 1 is 0.778 bits per heavy atom. The minimum atomic E-state index is 0.515. The molecule has 0 N–H and O–H groups in total. The van der Waals surface area contributed by atoms with E-state index in [0.29, 0.717) is 11.3 Å². The fraction of sp³-hybridized carbons (Fsp3) is 0. The second-order valence-electron chi connectivity index (χ2n) is 3.58. The van der Waals surface area contributed by atoms with Gasteiger partial charge in [-0.15, -0.1) is 10.2 Å². The van der Waals surface area contributed by atoms with Crippen LogP contribution in [0, 0.1) is 0 Å². The molecule has 4 aromatic rings. The van der Waals surface area contributed by atoms with Gasteiger partial charge in [0.05, 0.1) is 11.0 Å². The number of benzene rings is 1. The molecule has 0 radical (unpaired) electrons. The maximum Gasteiger partial charge on any atom is 0.226 e. The average molecular weight is 370 g/mol. The zero-order valence-electron chi connectivity index (χ0n) is 8.49. The molecule has 0 aliphatic rings. The molecule has 10 heteroatoms. The molecule has 0 unspecified atom stereocenters. The lowest BCUT2D eigenvalue weighted by Crippen LogP contribution is -2.00. The molecule has 3 aromatic heterocycles. The Kier molecular flexibility index (Phi) is 1.95. The number of fused-ring (bicyclic) bond motifs is 6. The lowest BCUT2D eigenvalue weighted by Gasteiger charge is -2.04. The first-order valence-electron chi connectivity index (χ1n) is 4.82. The summed E-state index contributed by atoms with van der Waals surface area (Å²) >= 11 is 6.91. The third-order valence-electron chi connectivity index (χ3n) is 2.61. The Labute approximate surface area is 115 Å². The molecular weight excluding hydrogens is 368 g/mol. The fourth-order valence-electron chi connectivity index (χ4n) is 1.84. The molecule has 0 aliphatic heterocycles. The summed E-state index contributed by atoms with van der Waals surface area (Å²) in [6.45, 7) is 0. The Morgan fingerprint density at radius 2 is 1.22 bits per heavy atom. The van der Waals surface area contributed by atoms with Crippen molar-refractivity contribution in [1.82, 2.24) is 40.1 Å². The molecule has 4 rings (SSSR count). The number of halogens is 2. The van der Waals surface area contributed by atoms with E-state index < -0.39 is 0 Å². The van der Waals surface area contributed by atoms with E-state index in [-0.39, 0.29) is 0 Å². The van der Waals surface area contributed by atoms with Crippen molar-refractivity contribution < 1.29 is 0 Å². The Morgan fingerprint density at radius 3 is 1.67 bits per heavy atom. The minimum Gasteiger partial charge on any atom is -0.187 e. The van der Waals surface area contributed by atoms with Crippen LogP contribution in [0.15, 0.2) is 21.1 Å². The first-order chi connectivity index (χ1) is 8.75. The van der Waals surface area contributed by atoms with Crippen LogP contribution in [0.5, 0.6) is 0 Å². The highest BCUT2D eigenvalue weighted by Crippen LogP contribution is 2.29. The molecule has 3 heterocycles. The van der Waals surface area contributed by atoms with E-state index in [1.165, 1.54) is 0 Å². The second kappa shape index (κ2) is 3.42. The molecule has 1 aromatic carbocycles. The van der Waals surface area contributed by atoms with E-state index in [2.05, 4.69) is 62.9 Å². The van der Waals surface area contributed by atoms with Crippen LogP contribution in [0.1, 0.15) is 0 Å². The highest BCUT2D eigenvalue weighted by atomic mass is 79.9. The first kappa shape index (κ1) is 10.3. The molecule has 0 saturated carbocycles.